The minimum Gasteiger partial charge on any atom is -0.399 e. The number of rotatable bonds is 6. The van der Waals surface area contributed by atoms with Crippen LogP contribution in [0.5, 0.6) is 0 Å². The van der Waals surface area contributed by atoms with Crippen molar-refractivity contribution in [2.45, 2.75) is 19.8 Å². The van der Waals surface area contributed by atoms with Crippen molar-refractivity contribution in [1.29, 1.82) is 0 Å². The van der Waals surface area contributed by atoms with E-state index in [9.17, 15) is 4.79 Å². The van der Waals surface area contributed by atoms with Crippen LogP contribution in [0, 0.1) is 6.92 Å². The molecule has 18 heavy (non-hydrogen) atoms. The average Bonchev–Trinajstić information content (AvgIpc) is 2.33. The highest BCUT2D eigenvalue weighted by atomic mass is 16.7. The van der Waals surface area contributed by atoms with Gasteiger partial charge in [-0.15, -0.1) is 0 Å². The molecule has 5 nitrogen and oxygen atoms in total. The van der Waals surface area contributed by atoms with E-state index in [-0.39, 0.29) is 5.91 Å². The summed E-state index contributed by atoms with van der Waals surface area (Å²) in [6, 6.07) is 5.48. The number of amides is 1. The van der Waals surface area contributed by atoms with Crippen molar-refractivity contribution in [3.63, 3.8) is 0 Å². The quantitative estimate of drug-likeness (QED) is 0.597. The standard InChI is InChI=1S/C13H21N3O2/c1-10-6-7-11(14)9-12(10)15-13(17)5-4-8-16(2)18-3/h6-7,9H,4-5,8,14H2,1-3H3,(H,15,17). The summed E-state index contributed by atoms with van der Waals surface area (Å²) in [5.41, 5.74) is 8.12. The maximum Gasteiger partial charge on any atom is 0.224 e. The number of hydroxylamine groups is 2. The zero-order chi connectivity index (χ0) is 13.5. The highest BCUT2D eigenvalue weighted by Crippen LogP contribution is 2.18. The molecule has 0 bridgehead atoms. The summed E-state index contributed by atoms with van der Waals surface area (Å²) in [6.07, 6.45) is 1.21. The number of nitrogens with two attached hydrogens (primary N) is 1. The van der Waals surface area contributed by atoms with Gasteiger partial charge in [-0.2, -0.15) is 5.06 Å². The van der Waals surface area contributed by atoms with E-state index in [1.165, 1.54) is 0 Å². The molecule has 1 aromatic rings. The highest BCUT2D eigenvalue weighted by molar-refractivity contribution is 5.91. The van der Waals surface area contributed by atoms with E-state index < -0.39 is 0 Å². The van der Waals surface area contributed by atoms with Crippen LogP contribution in [0.3, 0.4) is 0 Å². The zero-order valence-corrected chi connectivity index (χ0v) is 11.2. The van der Waals surface area contributed by atoms with Crippen LogP contribution in [-0.4, -0.2) is 31.7 Å². The number of nitrogens with one attached hydrogen (secondary N) is 1. The Labute approximate surface area is 108 Å². The van der Waals surface area contributed by atoms with Gasteiger partial charge in [0.05, 0.1) is 7.11 Å². The number of carbonyl (C=O) groups excluding carboxylic acids is 1. The minimum atomic E-state index is -0.00629. The second-order valence-corrected chi connectivity index (χ2v) is 4.26. The smallest absolute Gasteiger partial charge is 0.224 e. The molecule has 0 aliphatic carbocycles. The molecule has 0 saturated carbocycles. The molecule has 0 fully saturated rings. The summed E-state index contributed by atoms with van der Waals surface area (Å²) in [5, 5.41) is 4.56. The third-order valence-electron chi connectivity index (χ3n) is 2.72. The fourth-order valence-electron chi connectivity index (χ4n) is 1.54. The van der Waals surface area contributed by atoms with Crippen LogP contribution in [0.15, 0.2) is 18.2 Å². The van der Waals surface area contributed by atoms with Crippen LogP contribution < -0.4 is 11.1 Å². The van der Waals surface area contributed by atoms with Gasteiger partial charge in [0.15, 0.2) is 0 Å². The number of benzene rings is 1. The number of hydrogen-bond acceptors (Lipinski definition) is 4. The first-order chi connectivity index (χ1) is 8.52. The molecule has 5 heteroatoms. The van der Waals surface area contributed by atoms with Crippen molar-refractivity contribution in [2.75, 3.05) is 31.8 Å². The van der Waals surface area contributed by atoms with E-state index in [2.05, 4.69) is 5.32 Å². The van der Waals surface area contributed by atoms with Crippen molar-refractivity contribution in [3.8, 4) is 0 Å². The van der Waals surface area contributed by atoms with E-state index in [0.717, 1.165) is 24.2 Å². The molecule has 0 aliphatic rings. The Morgan fingerprint density at radius 2 is 2.22 bits per heavy atom. The molecule has 0 spiro atoms. The number of hydrogen-bond donors (Lipinski definition) is 2. The average molecular weight is 251 g/mol. The fraction of sp³-hybridized carbons (Fsp3) is 0.462. The number of aryl methyl sites for hydroxylation is 1. The van der Waals surface area contributed by atoms with Crippen LogP contribution in [0.25, 0.3) is 0 Å². The first-order valence-corrected chi connectivity index (χ1v) is 5.94. The summed E-state index contributed by atoms with van der Waals surface area (Å²) < 4.78 is 0. The summed E-state index contributed by atoms with van der Waals surface area (Å²) in [4.78, 5) is 16.7. The molecule has 3 N–H and O–H groups in total. The maximum atomic E-state index is 11.7. The summed E-state index contributed by atoms with van der Waals surface area (Å²) in [5.74, 6) is -0.00629. The number of nitrogens with zero attached hydrogens (tertiary/aromatic N) is 1. The molecule has 0 heterocycles. The van der Waals surface area contributed by atoms with Crippen LogP contribution in [-0.2, 0) is 9.63 Å². The summed E-state index contributed by atoms with van der Waals surface area (Å²) in [6.45, 7) is 2.66. The third-order valence-corrected chi connectivity index (χ3v) is 2.72. The predicted molar refractivity (Wildman–Crippen MR) is 73.1 cm³/mol. The van der Waals surface area contributed by atoms with Crippen LogP contribution in [0.4, 0.5) is 11.4 Å². The Morgan fingerprint density at radius 3 is 2.89 bits per heavy atom. The molecule has 1 aromatic carbocycles. The Balaban J connectivity index is 2.42. The third kappa shape index (κ3) is 4.73. The molecule has 0 radical (unpaired) electrons. The van der Waals surface area contributed by atoms with Gasteiger partial charge in [0, 0.05) is 31.4 Å². The molecule has 0 atom stereocenters. The van der Waals surface area contributed by atoms with Crippen molar-refractivity contribution in [3.05, 3.63) is 23.8 Å². The van der Waals surface area contributed by atoms with E-state index in [1.807, 2.05) is 26.1 Å². The van der Waals surface area contributed by atoms with Gasteiger partial charge in [0.1, 0.15) is 0 Å². The number of anilines is 2. The van der Waals surface area contributed by atoms with Crippen LogP contribution in [0.2, 0.25) is 0 Å². The van der Waals surface area contributed by atoms with Crippen molar-refractivity contribution in [2.24, 2.45) is 0 Å². The predicted octanol–water partition coefficient (Wildman–Crippen LogP) is 1.79. The van der Waals surface area contributed by atoms with E-state index in [4.69, 9.17) is 10.6 Å². The van der Waals surface area contributed by atoms with Crippen molar-refractivity contribution in [1.82, 2.24) is 5.06 Å². The van der Waals surface area contributed by atoms with Gasteiger partial charge in [0.2, 0.25) is 5.91 Å². The maximum absolute atomic E-state index is 11.7. The Bertz CT molecular complexity index is 407. The lowest BCUT2D eigenvalue weighted by Crippen LogP contribution is -2.20. The topological polar surface area (TPSA) is 67.6 Å². The largest absolute Gasteiger partial charge is 0.399 e. The molecule has 0 saturated heterocycles. The first-order valence-electron chi connectivity index (χ1n) is 5.94. The van der Waals surface area contributed by atoms with Crippen molar-refractivity contribution >= 4 is 17.3 Å². The normalized spacial score (nSPS) is 10.7. The zero-order valence-electron chi connectivity index (χ0n) is 11.2. The molecule has 0 aliphatic heterocycles. The molecule has 1 rings (SSSR count). The van der Waals surface area contributed by atoms with Gasteiger partial charge in [-0.1, -0.05) is 6.07 Å². The molecule has 100 valence electrons. The highest BCUT2D eigenvalue weighted by Gasteiger charge is 2.06. The summed E-state index contributed by atoms with van der Waals surface area (Å²) in [7, 11) is 3.44. The number of carbonyl (C=O) groups is 1. The van der Waals surface area contributed by atoms with Gasteiger partial charge >= 0.3 is 0 Å². The molecular weight excluding hydrogens is 230 g/mol. The Hall–Kier alpha value is -1.59. The Kier molecular flexibility index (Phi) is 5.61. The fourth-order valence-corrected chi connectivity index (χ4v) is 1.54. The second kappa shape index (κ2) is 6.98. The Morgan fingerprint density at radius 1 is 1.50 bits per heavy atom. The molecule has 0 aromatic heterocycles. The van der Waals surface area contributed by atoms with E-state index >= 15 is 0 Å². The molecule has 0 unspecified atom stereocenters. The van der Waals surface area contributed by atoms with Gasteiger partial charge in [-0.3, -0.25) is 4.79 Å². The van der Waals surface area contributed by atoms with Gasteiger partial charge < -0.3 is 15.9 Å². The van der Waals surface area contributed by atoms with Gasteiger partial charge in [-0.05, 0) is 31.0 Å². The lowest BCUT2D eigenvalue weighted by Gasteiger charge is -2.13. The number of nitrogen functional groups attached to an aromatic ring is 1. The van der Waals surface area contributed by atoms with E-state index in [1.54, 1.807) is 18.2 Å². The van der Waals surface area contributed by atoms with Crippen molar-refractivity contribution < 1.29 is 9.63 Å². The monoisotopic (exact) mass is 251 g/mol. The first kappa shape index (κ1) is 14.5. The molecular formula is C13H21N3O2. The van der Waals surface area contributed by atoms with Crippen LogP contribution >= 0.6 is 0 Å². The lowest BCUT2D eigenvalue weighted by atomic mass is 10.1. The van der Waals surface area contributed by atoms with Gasteiger partial charge in [-0.25, -0.2) is 0 Å². The summed E-state index contributed by atoms with van der Waals surface area (Å²) >= 11 is 0. The minimum absolute atomic E-state index is 0.00629. The SMILES string of the molecule is CON(C)CCCC(=O)Nc1cc(N)ccc1C. The van der Waals surface area contributed by atoms with Crippen LogP contribution in [0.1, 0.15) is 18.4 Å². The second-order valence-electron chi connectivity index (χ2n) is 4.26. The molecule has 1 amide bonds. The lowest BCUT2D eigenvalue weighted by molar-refractivity contribution is -0.119. The van der Waals surface area contributed by atoms with Gasteiger partial charge in [0.25, 0.3) is 0 Å². The van der Waals surface area contributed by atoms with E-state index in [0.29, 0.717) is 12.1 Å².